The third-order valence-corrected chi connectivity index (χ3v) is 6.83. The normalized spacial score (nSPS) is 24.0. The maximum Gasteiger partial charge on any atom is 0.231 e. The first-order valence-corrected chi connectivity index (χ1v) is 11.5. The fraction of sp³-hybridized carbons (Fsp3) is 0.364. The molecule has 0 radical (unpaired) electrons. The van der Waals surface area contributed by atoms with Gasteiger partial charge >= 0.3 is 0 Å². The Kier molecular flexibility index (Phi) is 5.05. The number of thioether (sulfide) groups is 1. The Morgan fingerprint density at radius 2 is 2.06 bits per heavy atom. The molecule has 4 atom stereocenters. The van der Waals surface area contributed by atoms with Gasteiger partial charge in [-0.05, 0) is 42.7 Å². The van der Waals surface area contributed by atoms with Crippen LogP contribution in [0.15, 0.2) is 47.6 Å². The first-order chi connectivity index (χ1) is 15.0. The van der Waals surface area contributed by atoms with Crippen molar-refractivity contribution in [2.45, 2.75) is 17.4 Å². The van der Waals surface area contributed by atoms with Crippen molar-refractivity contribution in [2.24, 2.45) is 17.8 Å². The van der Waals surface area contributed by atoms with Crippen LogP contribution in [0.3, 0.4) is 0 Å². The largest absolute Gasteiger partial charge is 0.364 e. The number of fused-ring (bicyclic) bond motifs is 3. The molecule has 0 spiro atoms. The van der Waals surface area contributed by atoms with Gasteiger partial charge < -0.3 is 20.5 Å². The summed E-state index contributed by atoms with van der Waals surface area (Å²) in [6, 6.07) is 8.09. The van der Waals surface area contributed by atoms with E-state index in [1.54, 1.807) is 23.0 Å². The van der Waals surface area contributed by atoms with E-state index in [9.17, 15) is 4.79 Å². The molecule has 0 saturated heterocycles. The third-order valence-electron chi connectivity index (χ3n) is 6.10. The van der Waals surface area contributed by atoms with Gasteiger partial charge in [0.1, 0.15) is 5.52 Å². The lowest BCUT2D eigenvalue weighted by molar-refractivity contribution is -0.133. The minimum Gasteiger partial charge on any atom is -0.364 e. The predicted molar refractivity (Wildman–Crippen MR) is 124 cm³/mol. The number of benzene rings is 1. The van der Waals surface area contributed by atoms with Crippen LogP contribution in [0.2, 0.25) is 0 Å². The number of nitrogens with one attached hydrogen (secondary N) is 3. The van der Waals surface area contributed by atoms with Gasteiger partial charge in [0.15, 0.2) is 11.5 Å². The van der Waals surface area contributed by atoms with Gasteiger partial charge in [0.2, 0.25) is 11.9 Å². The molecule has 2 aliphatic rings. The summed E-state index contributed by atoms with van der Waals surface area (Å²) in [5.74, 6) is 1.75. The van der Waals surface area contributed by atoms with E-state index in [4.69, 9.17) is 4.98 Å². The Bertz CT molecular complexity index is 1160. The second-order valence-electron chi connectivity index (χ2n) is 8.23. The van der Waals surface area contributed by atoms with Crippen molar-refractivity contribution in [3.05, 3.63) is 42.7 Å². The smallest absolute Gasteiger partial charge is 0.231 e. The minimum atomic E-state index is -0.104. The molecule has 1 amide bonds. The number of allylic oxidation sites excluding steroid dienone is 1. The number of aromatic amines is 1. The molecule has 5 rings (SSSR count). The van der Waals surface area contributed by atoms with E-state index in [1.807, 2.05) is 32.5 Å². The Balaban J connectivity index is 1.47. The molecule has 2 heterocycles. The van der Waals surface area contributed by atoms with Crippen LogP contribution in [-0.2, 0) is 4.79 Å². The highest BCUT2D eigenvalue weighted by Crippen LogP contribution is 2.45. The molecular weight excluding hydrogens is 410 g/mol. The van der Waals surface area contributed by atoms with Crippen LogP contribution < -0.4 is 10.6 Å². The predicted octanol–water partition coefficient (Wildman–Crippen LogP) is 3.51. The van der Waals surface area contributed by atoms with Gasteiger partial charge in [0.05, 0.1) is 12.2 Å². The van der Waals surface area contributed by atoms with E-state index in [0.717, 1.165) is 22.5 Å². The Morgan fingerprint density at radius 1 is 1.23 bits per heavy atom. The summed E-state index contributed by atoms with van der Waals surface area (Å²) in [6.07, 6.45) is 9.06. The zero-order chi connectivity index (χ0) is 21.5. The summed E-state index contributed by atoms with van der Waals surface area (Å²) in [5, 5.41) is 6.86. The summed E-state index contributed by atoms with van der Waals surface area (Å²) >= 11 is 1.68. The molecular formula is C22H25N7OS. The standard InChI is InChI=1S/C22H25N7OS/c1-29(2)21(30)16-12-7-8-13(9-12)17(16)26-20-18-19(24-11-23-18)27-22(28-20)25-14-5-4-6-15(10-14)31-3/h4-8,10-13,16-17H,9H2,1-3H3,(H3,23,24,25,26,27,28). The van der Waals surface area contributed by atoms with Crippen LogP contribution >= 0.6 is 11.8 Å². The maximum absolute atomic E-state index is 12.9. The average Bonchev–Trinajstić information content (AvgIpc) is 3.49. The lowest BCUT2D eigenvalue weighted by Crippen LogP contribution is -2.43. The van der Waals surface area contributed by atoms with Crippen LogP contribution in [0.5, 0.6) is 0 Å². The summed E-state index contributed by atoms with van der Waals surface area (Å²) in [4.78, 5) is 32.5. The highest BCUT2D eigenvalue weighted by molar-refractivity contribution is 7.98. The van der Waals surface area contributed by atoms with Gasteiger partial charge in [-0.2, -0.15) is 9.97 Å². The van der Waals surface area contributed by atoms with Crippen molar-refractivity contribution in [1.82, 2.24) is 24.8 Å². The highest BCUT2D eigenvalue weighted by atomic mass is 32.2. The number of amides is 1. The number of H-pyrrole nitrogens is 1. The fourth-order valence-corrected chi connectivity index (χ4v) is 5.09. The van der Waals surface area contributed by atoms with Crippen LogP contribution in [0.25, 0.3) is 11.2 Å². The summed E-state index contributed by atoms with van der Waals surface area (Å²) in [6.45, 7) is 0. The summed E-state index contributed by atoms with van der Waals surface area (Å²) < 4.78 is 0. The molecule has 0 aliphatic heterocycles. The van der Waals surface area contributed by atoms with Crippen molar-refractivity contribution >= 4 is 46.3 Å². The lowest BCUT2D eigenvalue weighted by atomic mass is 9.87. The van der Waals surface area contributed by atoms with E-state index in [-0.39, 0.29) is 23.8 Å². The molecule has 3 aromatic rings. The molecule has 9 heteroatoms. The topological polar surface area (TPSA) is 98.8 Å². The molecule has 1 fully saturated rings. The summed E-state index contributed by atoms with van der Waals surface area (Å²) in [7, 11) is 3.63. The van der Waals surface area contributed by atoms with Crippen molar-refractivity contribution in [2.75, 3.05) is 31.0 Å². The number of aromatic nitrogens is 4. The molecule has 160 valence electrons. The van der Waals surface area contributed by atoms with Crippen molar-refractivity contribution in [3.63, 3.8) is 0 Å². The molecule has 2 bridgehead atoms. The van der Waals surface area contributed by atoms with Gasteiger partial charge in [-0.15, -0.1) is 11.8 Å². The minimum absolute atomic E-state index is 0.0148. The number of hydrogen-bond acceptors (Lipinski definition) is 7. The van der Waals surface area contributed by atoms with E-state index in [0.29, 0.717) is 23.3 Å². The van der Waals surface area contributed by atoms with Crippen LogP contribution in [-0.4, -0.2) is 57.1 Å². The number of nitrogens with zero attached hydrogens (tertiary/aromatic N) is 4. The fourth-order valence-electron chi connectivity index (χ4n) is 4.64. The SMILES string of the molecule is CSc1cccc(Nc2nc(NC3C4C=CC(C4)C3C(=O)N(C)C)c3[nH]cnc3n2)c1. The van der Waals surface area contributed by atoms with Crippen LogP contribution in [0.4, 0.5) is 17.5 Å². The van der Waals surface area contributed by atoms with Crippen LogP contribution in [0.1, 0.15) is 6.42 Å². The van der Waals surface area contributed by atoms with E-state index < -0.39 is 0 Å². The number of carbonyl (C=O) groups excluding carboxylic acids is 1. The summed E-state index contributed by atoms with van der Waals surface area (Å²) in [5.41, 5.74) is 2.23. The van der Waals surface area contributed by atoms with E-state index >= 15 is 0 Å². The first kappa shape index (κ1) is 19.9. The average molecular weight is 436 g/mol. The molecule has 2 aromatic heterocycles. The van der Waals surface area contributed by atoms with Gasteiger partial charge in [-0.1, -0.05) is 18.2 Å². The molecule has 4 unspecified atom stereocenters. The Morgan fingerprint density at radius 3 is 2.87 bits per heavy atom. The second-order valence-corrected chi connectivity index (χ2v) is 9.11. The molecule has 1 aromatic carbocycles. The lowest BCUT2D eigenvalue weighted by Gasteiger charge is -2.30. The number of anilines is 3. The first-order valence-electron chi connectivity index (χ1n) is 10.3. The van der Waals surface area contributed by atoms with Crippen molar-refractivity contribution in [3.8, 4) is 0 Å². The van der Waals surface area contributed by atoms with Crippen molar-refractivity contribution < 1.29 is 4.79 Å². The number of hydrogen-bond donors (Lipinski definition) is 3. The number of rotatable bonds is 6. The van der Waals surface area contributed by atoms with Crippen LogP contribution in [0, 0.1) is 17.8 Å². The monoisotopic (exact) mass is 435 g/mol. The third kappa shape index (κ3) is 3.63. The molecule has 2 aliphatic carbocycles. The van der Waals surface area contributed by atoms with E-state index in [1.165, 1.54) is 0 Å². The highest BCUT2D eigenvalue weighted by Gasteiger charge is 2.49. The second kappa shape index (κ2) is 7.88. The zero-order valence-electron chi connectivity index (χ0n) is 17.7. The number of imidazole rings is 1. The zero-order valence-corrected chi connectivity index (χ0v) is 18.5. The quantitative estimate of drug-likeness (QED) is 0.402. The molecule has 3 N–H and O–H groups in total. The van der Waals surface area contributed by atoms with Gasteiger partial charge in [-0.25, -0.2) is 4.98 Å². The van der Waals surface area contributed by atoms with Gasteiger partial charge in [0, 0.05) is 30.7 Å². The van der Waals surface area contributed by atoms with Gasteiger partial charge in [-0.3, -0.25) is 4.79 Å². The Labute approximate surface area is 184 Å². The maximum atomic E-state index is 12.9. The molecule has 8 nitrogen and oxygen atoms in total. The number of carbonyl (C=O) groups is 1. The Hall–Kier alpha value is -3.07. The van der Waals surface area contributed by atoms with Gasteiger partial charge in [0.25, 0.3) is 0 Å². The molecule has 31 heavy (non-hydrogen) atoms. The molecule has 1 saturated carbocycles. The van der Waals surface area contributed by atoms with E-state index in [2.05, 4.69) is 49.9 Å². The van der Waals surface area contributed by atoms with Crippen molar-refractivity contribution in [1.29, 1.82) is 0 Å².